The summed E-state index contributed by atoms with van der Waals surface area (Å²) in [5.74, 6) is 4.17. The van der Waals surface area contributed by atoms with E-state index < -0.39 is 5.97 Å². The molecule has 0 saturated heterocycles. The minimum Gasteiger partial charge on any atom is -0.478 e. The molecular weight excluding hydrogens is 224 g/mol. The summed E-state index contributed by atoms with van der Waals surface area (Å²) >= 11 is 3.20. The third kappa shape index (κ3) is 1.75. The highest BCUT2D eigenvalue weighted by Gasteiger charge is 2.05. The summed E-state index contributed by atoms with van der Waals surface area (Å²) in [7, 11) is 0. The molecule has 1 aromatic rings. The summed E-state index contributed by atoms with van der Waals surface area (Å²) in [6.45, 7) is 0. The van der Waals surface area contributed by atoms with Crippen LogP contribution in [-0.2, 0) is 0 Å². The Hall–Kier alpha value is -1.07. The van der Waals surface area contributed by atoms with Crippen LogP contribution in [0.1, 0.15) is 10.4 Å². The van der Waals surface area contributed by atoms with Crippen LogP contribution in [0.15, 0.2) is 22.7 Å². The molecular formula is C7H7BrN2O2. The number of hydrazine groups is 1. The van der Waals surface area contributed by atoms with Crippen LogP contribution in [0.2, 0.25) is 0 Å². The first-order valence-corrected chi connectivity index (χ1v) is 3.94. The summed E-state index contributed by atoms with van der Waals surface area (Å²) in [5.41, 5.74) is 3.13. The molecule has 4 nitrogen and oxygen atoms in total. The van der Waals surface area contributed by atoms with Crippen LogP contribution in [0, 0.1) is 0 Å². The highest BCUT2D eigenvalue weighted by Crippen LogP contribution is 2.22. The van der Waals surface area contributed by atoms with Gasteiger partial charge in [-0.1, -0.05) is 0 Å². The van der Waals surface area contributed by atoms with Crippen LogP contribution in [0.3, 0.4) is 0 Å². The topological polar surface area (TPSA) is 75.3 Å². The summed E-state index contributed by atoms with van der Waals surface area (Å²) < 4.78 is 0.731. The Labute approximate surface area is 77.5 Å². The van der Waals surface area contributed by atoms with E-state index in [4.69, 9.17) is 10.9 Å². The smallest absolute Gasteiger partial charge is 0.335 e. The Morgan fingerprint density at radius 3 is 2.75 bits per heavy atom. The van der Waals surface area contributed by atoms with Crippen LogP contribution in [-0.4, -0.2) is 11.1 Å². The molecule has 0 radical (unpaired) electrons. The van der Waals surface area contributed by atoms with E-state index in [2.05, 4.69) is 21.4 Å². The van der Waals surface area contributed by atoms with Gasteiger partial charge in [0, 0.05) is 4.47 Å². The van der Waals surface area contributed by atoms with Crippen LogP contribution >= 0.6 is 15.9 Å². The number of hydrogen-bond donors (Lipinski definition) is 3. The molecule has 0 bridgehead atoms. The lowest BCUT2D eigenvalue weighted by molar-refractivity contribution is 0.0697. The molecule has 0 aromatic heterocycles. The van der Waals surface area contributed by atoms with E-state index in [0.717, 1.165) is 4.47 Å². The maximum Gasteiger partial charge on any atom is 0.335 e. The van der Waals surface area contributed by atoms with Gasteiger partial charge in [0.05, 0.1) is 11.3 Å². The molecule has 0 fully saturated rings. The van der Waals surface area contributed by atoms with E-state index in [9.17, 15) is 4.79 Å². The largest absolute Gasteiger partial charge is 0.478 e. The van der Waals surface area contributed by atoms with Gasteiger partial charge in [0.2, 0.25) is 0 Å². The summed E-state index contributed by atoms with van der Waals surface area (Å²) in [4.78, 5) is 10.5. The van der Waals surface area contributed by atoms with Gasteiger partial charge in [-0.3, -0.25) is 5.84 Å². The van der Waals surface area contributed by atoms with Gasteiger partial charge in [-0.05, 0) is 34.1 Å². The van der Waals surface area contributed by atoms with Crippen molar-refractivity contribution in [2.45, 2.75) is 0 Å². The molecule has 1 aromatic carbocycles. The summed E-state index contributed by atoms with van der Waals surface area (Å²) in [6, 6.07) is 4.57. The van der Waals surface area contributed by atoms with Crippen molar-refractivity contribution in [3.05, 3.63) is 28.2 Å². The van der Waals surface area contributed by atoms with E-state index in [0.29, 0.717) is 5.69 Å². The Bertz CT molecular complexity index is 314. The third-order valence-corrected chi connectivity index (χ3v) is 2.06. The SMILES string of the molecule is NNc1cc(C(=O)O)ccc1Br. The molecule has 0 spiro atoms. The normalized spacial score (nSPS) is 9.50. The van der Waals surface area contributed by atoms with Crippen molar-refractivity contribution in [2.75, 3.05) is 5.43 Å². The minimum atomic E-state index is -0.973. The predicted molar refractivity (Wildman–Crippen MR) is 48.9 cm³/mol. The summed E-state index contributed by atoms with van der Waals surface area (Å²) in [6.07, 6.45) is 0. The number of nitrogens with one attached hydrogen (secondary N) is 1. The first-order chi connectivity index (χ1) is 5.65. The number of anilines is 1. The molecule has 0 saturated carbocycles. The van der Waals surface area contributed by atoms with Crippen molar-refractivity contribution in [3.63, 3.8) is 0 Å². The number of rotatable bonds is 2. The van der Waals surface area contributed by atoms with Gasteiger partial charge in [-0.2, -0.15) is 0 Å². The quantitative estimate of drug-likeness (QED) is 0.531. The molecule has 0 unspecified atom stereocenters. The highest BCUT2D eigenvalue weighted by atomic mass is 79.9. The Morgan fingerprint density at radius 2 is 2.25 bits per heavy atom. The number of carboxylic acid groups (broad SMARTS) is 1. The van der Waals surface area contributed by atoms with Crippen molar-refractivity contribution in [2.24, 2.45) is 5.84 Å². The fraction of sp³-hybridized carbons (Fsp3) is 0. The van der Waals surface area contributed by atoms with E-state index in [1.807, 2.05) is 0 Å². The molecule has 0 aliphatic carbocycles. The number of benzene rings is 1. The molecule has 0 amide bonds. The fourth-order valence-corrected chi connectivity index (χ4v) is 1.13. The molecule has 0 aliphatic rings. The van der Waals surface area contributed by atoms with Gasteiger partial charge in [0.25, 0.3) is 0 Å². The Morgan fingerprint density at radius 1 is 1.58 bits per heavy atom. The molecule has 5 heteroatoms. The van der Waals surface area contributed by atoms with E-state index in [1.54, 1.807) is 6.07 Å². The standard InChI is InChI=1S/C7H7BrN2O2/c8-5-2-1-4(7(11)12)3-6(5)10-9/h1-3,10H,9H2,(H,11,12). The number of aromatic carboxylic acids is 1. The van der Waals surface area contributed by atoms with Crippen molar-refractivity contribution in [1.29, 1.82) is 0 Å². The molecule has 0 aliphatic heterocycles. The second-order valence-corrected chi connectivity index (χ2v) is 3.00. The van der Waals surface area contributed by atoms with E-state index in [-0.39, 0.29) is 5.56 Å². The number of nitrogens with two attached hydrogens (primary N) is 1. The van der Waals surface area contributed by atoms with Gasteiger partial charge < -0.3 is 10.5 Å². The van der Waals surface area contributed by atoms with Crippen LogP contribution in [0.4, 0.5) is 5.69 Å². The second-order valence-electron chi connectivity index (χ2n) is 2.14. The summed E-state index contributed by atoms with van der Waals surface area (Å²) in [5, 5.41) is 8.61. The second kappa shape index (κ2) is 3.55. The molecule has 0 heterocycles. The molecule has 1 rings (SSSR count). The number of nitrogen functional groups attached to an aromatic ring is 1. The lowest BCUT2D eigenvalue weighted by Gasteiger charge is -2.03. The zero-order valence-electron chi connectivity index (χ0n) is 6.04. The number of carbonyl (C=O) groups is 1. The zero-order valence-corrected chi connectivity index (χ0v) is 7.63. The monoisotopic (exact) mass is 230 g/mol. The maximum absolute atomic E-state index is 10.5. The Kier molecular flexibility index (Phi) is 2.67. The maximum atomic E-state index is 10.5. The van der Waals surface area contributed by atoms with E-state index in [1.165, 1.54) is 12.1 Å². The average molecular weight is 231 g/mol. The van der Waals surface area contributed by atoms with Gasteiger partial charge in [-0.15, -0.1) is 0 Å². The number of halogens is 1. The fourth-order valence-electron chi connectivity index (χ4n) is 0.769. The van der Waals surface area contributed by atoms with E-state index >= 15 is 0 Å². The van der Waals surface area contributed by atoms with Crippen molar-refractivity contribution >= 4 is 27.6 Å². The number of hydrogen-bond acceptors (Lipinski definition) is 3. The van der Waals surface area contributed by atoms with Gasteiger partial charge in [0.1, 0.15) is 0 Å². The molecule has 64 valence electrons. The van der Waals surface area contributed by atoms with Gasteiger partial charge in [-0.25, -0.2) is 4.79 Å². The molecule has 12 heavy (non-hydrogen) atoms. The number of carboxylic acids is 1. The zero-order chi connectivity index (χ0) is 9.14. The average Bonchev–Trinajstić information content (AvgIpc) is 2.05. The first kappa shape index (κ1) is 9.02. The van der Waals surface area contributed by atoms with Crippen molar-refractivity contribution in [3.8, 4) is 0 Å². The van der Waals surface area contributed by atoms with Crippen LogP contribution in [0.5, 0.6) is 0 Å². The lowest BCUT2D eigenvalue weighted by Crippen LogP contribution is -2.08. The van der Waals surface area contributed by atoms with Gasteiger partial charge in [0.15, 0.2) is 0 Å². The Balaban J connectivity index is 3.13. The third-order valence-electron chi connectivity index (χ3n) is 1.37. The van der Waals surface area contributed by atoms with Crippen LogP contribution < -0.4 is 11.3 Å². The van der Waals surface area contributed by atoms with Crippen LogP contribution in [0.25, 0.3) is 0 Å². The molecule has 0 atom stereocenters. The predicted octanol–water partition coefficient (Wildman–Crippen LogP) is 1.43. The van der Waals surface area contributed by atoms with Gasteiger partial charge >= 0.3 is 5.97 Å². The lowest BCUT2D eigenvalue weighted by atomic mass is 10.2. The highest BCUT2D eigenvalue weighted by molar-refractivity contribution is 9.10. The van der Waals surface area contributed by atoms with Crippen molar-refractivity contribution < 1.29 is 9.90 Å². The minimum absolute atomic E-state index is 0.200. The first-order valence-electron chi connectivity index (χ1n) is 3.14. The molecule has 4 N–H and O–H groups in total. The van der Waals surface area contributed by atoms with Crippen molar-refractivity contribution in [1.82, 2.24) is 0 Å².